The predicted molar refractivity (Wildman–Crippen MR) is 106 cm³/mol. The van der Waals surface area contributed by atoms with Crippen molar-refractivity contribution < 1.29 is 14.7 Å². The largest absolute Gasteiger partial charge is 0.503 e. The zero-order valence-corrected chi connectivity index (χ0v) is 16.8. The van der Waals surface area contributed by atoms with Gasteiger partial charge in [0.1, 0.15) is 0 Å². The molecule has 0 fully saturated rings. The molecule has 0 bridgehead atoms. The van der Waals surface area contributed by atoms with Gasteiger partial charge in [0.05, 0.1) is 34.4 Å². The third-order valence-corrected chi connectivity index (χ3v) is 5.17. The van der Waals surface area contributed by atoms with Crippen LogP contribution >= 0.6 is 23.2 Å². The van der Waals surface area contributed by atoms with Gasteiger partial charge in [-0.2, -0.15) is 5.10 Å². The van der Waals surface area contributed by atoms with E-state index in [4.69, 9.17) is 23.2 Å². The molecular formula is C19H20Cl2N4O3. The fourth-order valence-electron chi connectivity index (χ4n) is 2.96. The zero-order valence-electron chi connectivity index (χ0n) is 15.3. The smallest absolute Gasteiger partial charge is 0.289 e. The molecule has 28 heavy (non-hydrogen) atoms. The number of hydrogen-bond acceptors (Lipinski definition) is 4. The summed E-state index contributed by atoms with van der Waals surface area (Å²) in [4.78, 5) is 25.9. The lowest BCUT2D eigenvalue weighted by molar-refractivity contribution is -0.128. The Balaban J connectivity index is 1.49. The lowest BCUT2D eigenvalue weighted by Gasteiger charge is -2.14. The van der Waals surface area contributed by atoms with Crippen LogP contribution in [0.4, 0.5) is 0 Å². The normalized spacial score (nSPS) is 14.1. The Morgan fingerprint density at radius 2 is 2.07 bits per heavy atom. The van der Waals surface area contributed by atoms with Crippen molar-refractivity contribution in [2.24, 2.45) is 7.05 Å². The molecule has 2 heterocycles. The summed E-state index contributed by atoms with van der Waals surface area (Å²) >= 11 is 11.9. The number of aromatic nitrogens is 2. The molecule has 2 aromatic rings. The number of aryl methyl sites for hydroxylation is 2. The highest BCUT2D eigenvalue weighted by Crippen LogP contribution is 2.23. The average Bonchev–Trinajstić information content (AvgIpc) is 3.19. The number of nitrogens with one attached hydrogen (secondary N) is 1. The lowest BCUT2D eigenvalue weighted by atomic mass is 10.1. The minimum atomic E-state index is -0.563. The number of aliphatic hydroxyl groups is 1. The Kier molecular flexibility index (Phi) is 6.26. The molecule has 148 valence electrons. The third kappa shape index (κ3) is 4.66. The Morgan fingerprint density at radius 3 is 2.75 bits per heavy atom. The van der Waals surface area contributed by atoms with Crippen molar-refractivity contribution in [1.82, 2.24) is 20.0 Å². The van der Waals surface area contributed by atoms with Crippen LogP contribution in [0.5, 0.6) is 0 Å². The minimum absolute atomic E-state index is 0.0554. The molecule has 0 saturated heterocycles. The second-order valence-electron chi connectivity index (χ2n) is 6.58. The van der Waals surface area contributed by atoms with E-state index in [1.165, 1.54) is 4.90 Å². The van der Waals surface area contributed by atoms with Gasteiger partial charge in [-0.05, 0) is 36.6 Å². The number of benzene rings is 1. The number of nitrogens with zero attached hydrogens (tertiary/aromatic N) is 3. The van der Waals surface area contributed by atoms with Gasteiger partial charge in [-0.15, -0.1) is 0 Å². The summed E-state index contributed by atoms with van der Waals surface area (Å²) in [5.41, 5.74) is 1.78. The van der Waals surface area contributed by atoms with Crippen molar-refractivity contribution in [2.75, 3.05) is 13.1 Å². The SMILES string of the molecule is Cn1ccc(CN2CC(C(=O)NCCCc3ccc(Cl)c(Cl)c3)=C(O)C2=O)n1. The number of rotatable bonds is 7. The van der Waals surface area contributed by atoms with Crippen LogP contribution in [0.2, 0.25) is 10.0 Å². The highest BCUT2D eigenvalue weighted by molar-refractivity contribution is 6.42. The molecule has 2 N–H and O–H groups in total. The van der Waals surface area contributed by atoms with Crippen molar-refractivity contribution in [3.05, 3.63) is 63.1 Å². The van der Waals surface area contributed by atoms with E-state index >= 15 is 0 Å². The van der Waals surface area contributed by atoms with Crippen molar-refractivity contribution in [2.45, 2.75) is 19.4 Å². The van der Waals surface area contributed by atoms with Crippen molar-refractivity contribution >= 4 is 35.0 Å². The van der Waals surface area contributed by atoms with Crippen LogP contribution in [0.15, 0.2) is 41.8 Å². The van der Waals surface area contributed by atoms with E-state index in [0.29, 0.717) is 35.1 Å². The number of amides is 2. The molecule has 1 aromatic carbocycles. The molecule has 0 spiro atoms. The molecule has 0 aliphatic carbocycles. The maximum Gasteiger partial charge on any atom is 0.289 e. The third-order valence-electron chi connectivity index (χ3n) is 4.43. The molecule has 0 atom stereocenters. The predicted octanol–water partition coefficient (Wildman–Crippen LogP) is 2.63. The van der Waals surface area contributed by atoms with E-state index in [1.54, 1.807) is 36.1 Å². The highest BCUT2D eigenvalue weighted by Gasteiger charge is 2.34. The molecule has 1 aliphatic heterocycles. The van der Waals surface area contributed by atoms with Gasteiger partial charge in [-0.3, -0.25) is 14.3 Å². The highest BCUT2D eigenvalue weighted by atomic mass is 35.5. The number of aliphatic hydroxyl groups excluding tert-OH is 1. The Bertz CT molecular complexity index is 939. The first-order chi connectivity index (χ1) is 13.3. The molecule has 9 heteroatoms. The monoisotopic (exact) mass is 422 g/mol. The maximum absolute atomic E-state index is 12.3. The van der Waals surface area contributed by atoms with Crippen molar-refractivity contribution in [3.63, 3.8) is 0 Å². The first kappa shape index (κ1) is 20.2. The van der Waals surface area contributed by atoms with Gasteiger partial charge in [0, 0.05) is 19.8 Å². The van der Waals surface area contributed by atoms with Gasteiger partial charge < -0.3 is 15.3 Å². The van der Waals surface area contributed by atoms with Gasteiger partial charge in [0.15, 0.2) is 5.76 Å². The van der Waals surface area contributed by atoms with E-state index in [0.717, 1.165) is 5.56 Å². The van der Waals surface area contributed by atoms with Crippen LogP contribution in [-0.4, -0.2) is 44.7 Å². The fourth-order valence-corrected chi connectivity index (χ4v) is 3.28. The molecule has 1 aliphatic rings. The van der Waals surface area contributed by atoms with E-state index in [-0.39, 0.29) is 18.7 Å². The molecule has 3 rings (SSSR count). The fraction of sp³-hybridized carbons (Fsp3) is 0.316. The summed E-state index contributed by atoms with van der Waals surface area (Å²) in [5.74, 6) is -1.51. The van der Waals surface area contributed by atoms with Gasteiger partial charge in [0.2, 0.25) is 0 Å². The zero-order chi connectivity index (χ0) is 20.3. The Hall–Kier alpha value is -2.51. The van der Waals surface area contributed by atoms with Gasteiger partial charge in [-0.25, -0.2) is 0 Å². The summed E-state index contributed by atoms with van der Waals surface area (Å²) in [7, 11) is 1.78. The Morgan fingerprint density at radius 1 is 1.29 bits per heavy atom. The molecular weight excluding hydrogens is 403 g/mol. The van der Waals surface area contributed by atoms with Crippen molar-refractivity contribution in [1.29, 1.82) is 0 Å². The number of halogens is 2. The summed E-state index contributed by atoms with van der Waals surface area (Å²) in [6.07, 6.45) is 3.17. The lowest BCUT2D eigenvalue weighted by Crippen LogP contribution is -2.30. The summed E-state index contributed by atoms with van der Waals surface area (Å²) in [6, 6.07) is 7.20. The van der Waals surface area contributed by atoms with E-state index in [2.05, 4.69) is 10.4 Å². The second-order valence-corrected chi connectivity index (χ2v) is 7.39. The average molecular weight is 423 g/mol. The van der Waals surface area contributed by atoms with E-state index in [1.807, 2.05) is 6.07 Å². The van der Waals surface area contributed by atoms with Crippen LogP contribution in [-0.2, 0) is 29.6 Å². The number of carbonyl (C=O) groups excluding carboxylic acids is 2. The number of hydrogen-bond donors (Lipinski definition) is 2. The first-order valence-electron chi connectivity index (χ1n) is 8.77. The number of carbonyl (C=O) groups is 2. The van der Waals surface area contributed by atoms with Crippen molar-refractivity contribution in [3.8, 4) is 0 Å². The van der Waals surface area contributed by atoms with Crippen LogP contribution in [0.25, 0.3) is 0 Å². The first-order valence-corrected chi connectivity index (χ1v) is 9.53. The van der Waals surface area contributed by atoms with Crippen LogP contribution in [0.1, 0.15) is 17.7 Å². The summed E-state index contributed by atoms with van der Waals surface area (Å²) in [5, 5.41) is 18.0. The standard InChI is InChI=1S/C19H20Cl2N4O3/c1-24-8-6-13(23-24)10-25-11-14(17(26)19(25)28)18(27)22-7-2-3-12-4-5-15(20)16(21)9-12/h4-6,8-9,26H,2-3,7,10-11H2,1H3,(H,22,27). The van der Waals surface area contributed by atoms with E-state index in [9.17, 15) is 14.7 Å². The Labute approximate surface area is 172 Å². The maximum atomic E-state index is 12.3. The van der Waals surface area contributed by atoms with Crippen LogP contribution < -0.4 is 5.32 Å². The molecule has 0 radical (unpaired) electrons. The molecule has 0 unspecified atom stereocenters. The van der Waals surface area contributed by atoms with Crippen LogP contribution in [0.3, 0.4) is 0 Å². The summed E-state index contributed by atoms with van der Waals surface area (Å²) in [6.45, 7) is 0.696. The summed E-state index contributed by atoms with van der Waals surface area (Å²) < 4.78 is 1.63. The topological polar surface area (TPSA) is 87.5 Å². The van der Waals surface area contributed by atoms with Gasteiger partial charge in [0.25, 0.3) is 11.8 Å². The van der Waals surface area contributed by atoms with Crippen LogP contribution in [0, 0.1) is 0 Å². The van der Waals surface area contributed by atoms with Gasteiger partial charge in [-0.1, -0.05) is 29.3 Å². The second kappa shape index (κ2) is 8.67. The minimum Gasteiger partial charge on any atom is -0.503 e. The molecule has 0 saturated carbocycles. The quantitative estimate of drug-likeness (QED) is 0.671. The van der Waals surface area contributed by atoms with E-state index < -0.39 is 17.6 Å². The van der Waals surface area contributed by atoms with Gasteiger partial charge >= 0.3 is 0 Å². The molecule has 2 amide bonds. The molecule has 1 aromatic heterocycles. The molecule has 7 nitrogen and oxygen atoms in total.